The molecule has 7 heteroatoms. The highest BCUT2D eigenvalue weighted by Crippen LogP contribution is 2.27. The first kappa shape index (κ1) is 21.4. The lowest BCUT2D eigenvalue weighted by molar-refractivity contribution is 0.102. The number of methoxy groups -OCH3 is 1. The van der Waals surface area contributed by atoms with Gasteiger partial charge in [0.25, 0.3) is 15.9 Å². The van der Waals surface area contributed by atoms with E-state index in [1.165, 1.54) is 4.31 Å². The molecule has 0 heterocycles. The zero-order valence-electron chi connectivity index (χ0n) is 17.1. The molecule has 0 atom stereocenters. The summed E-state index contributed by atoms with van der Waals surface area (Å²) in [5, 5.41) is 2.84. The van der Waals surface area contributed by atoms with Gasteiger partial charge in [0.2, 0.25) is 0 Å². The Kier molecular flexibility index (Phi) is 6.42. The van der Waals surface area contributed by atoms with E-state index in [1.54, 1.807) is 74.7 Å². The third-order valence-electron chi connectivity index (χ3n) is 4.64. The molecule has 0 aliphatic carbocycles. The Morgan fingerprint density at radius 2 is 1.67 bits per heavy atom. The molecular formula is C23H24N2O4S. The number of ether oxygens (including phenoxy) is 1. The van der Waals surface area contributed by atoms with Crippen molar-refractivity contribution in [3.05, 3.63) is 83.9 Å². The maximum absolute atomic E-state index is 13.0. The Morgan fingerprint density at radius 1 is 1.00 bits per heavy atom. The van der Waals surface area contributed by atoms with Gasteiger partial charge in [-0.1, -0.05) is 24.3 Å². The summed E-state index contributed by atoms with van der Waals surface area (Å²) in [7, 11) is -2.14. The average molecular weight is 425 g/mol. The number of sulfonamides is 1. The molecule has 0 saturated carbocycles. The highest BCUT2D eigenvalue weighted by atomic mass is 32.2. The van der Waals surface area contributed by atoms with Gasteiger partial charge in [0.1, 0.15) is 5.75 Å². The van der Waals surface area contributed by atoms with Crippen LogP contribution in [0.5, 0.6) is 5.75 Å². The van der Waals surface area contributed by atoms with Gasteiger partial charge in [-0.2, -0.15) is 0 Å². The van der Waals surface area contributed by atoms with Crippen molar-refractivity contribution < 1.29 is 17.9 Å². The number of hydrogen-bond donors (Lipinski definition) is 1. The van der Waals surface area contributed by atoms with Crippen LogP contribution in [0.3, 0.4) is 0 Å². The molecule has 156 valence electrons. The van der Waals surface area contributed by atoms with Crippen LogP contribution in [0.15, 0.2) is 77.7 Å². The van der Waals surface area contributed by atoms with Gasteiger partial charge >= 0.3 is 0 Å². The smallest absolute Gasteiger partial charge is 0.264 e. The van der Waals surface area contributed by atoms with Crippen molar-refractivity contribution >= 4 is 27.3 Å². The zero-order chi connectivity index (χ0) is 21.7. The van der Waals surface area contributed by atoms with Crippen LogP contribution >= 0.6 is 0 Å². The molecule has 6 nitrogen and oxygen atoms in total. The van der Waals surface area contributed by atoms with Crippen molar-refractivity contribution in [1.29, 1.82) is 0 Å². The van der Waals surface area contributed by atoms with E-state index in [-0.39, 0.29) is 17.3 Å². The fourth-order valence-corrected chi connectivity index (χ4v) is 4.60. The molecule has 0 spiro atoms. The second kappa shape index (κ2) is 9.00. The number of amides is 1. The van der Waals surface area contributed by atoms with E-state index in [0.717, 1.165) is 5.56 Å². The minimum atomic E-state index is -3.68. The van der Waals surface area contributed by atoms with Gasteiger partial charge in [-0.05, 0) is 67.9 Å². The maximum Gasteiger partial charge on any atom is 0.264 e. The van der Waals surface area contributed by atoms with Crippen LogP contribution in [0.1, 0.15) is 22.8 Å². The Hall–Kier alpha value is -3.32. The molecule has 0 saturated heterocycles. The molecule has 0 aromatic heterocycles. The number of rotatable bonds is 7. The molecular weight excluding hydrogens is 400 g/mol. The first-order valence-corrected chi connectivity index (χ1v) is 10.9. The van der Waals surface area contributed by atoms with Crippen molar-refractivity contribution in [1.82, 2.24) is 0 Å². The van der Waals surface area contributed by atoms with Crippen LogP contribution in [-0.4, -0.2) is 28.0 Å². The summed E-state index contributed by atoms with van der Waals surface area (Å²) in [4.78, 5) is 12.9. The van der Waals surface area contributed by atoms with Gasteiger partial charge in [-0.25, -0.2) is 8.42 Å². The number of anilines is 2. The van der Waals surface area contributed by atoms with Crippen LogP contribution in [0.4, 0.5) is 11.4 Å². The topological polar surface area (TPSA) is 75.7 Å². The second-order valence-corrected chi connectivity index (χ2v) is 8.55. The first-order valence-electron chi connectivity index (χ1n) is 9.50. The lowest BCUT2D eigenvalue weighted by atomic mass is 10.1. The molecule has 0 aliphatic rings. The fraction of sp³-hybridized carbons (Fsp3) is 0.174. The summed E-state index contributed by atoms with van der Waals surface area (Å²) in [5.41, 5.74) is 2.47. The lowest BCUT2D eigenvalue weighted by Crippen LogP contribution is -2.30. The Morgan fingerprint density at radius 3 is 2.27 bits per heavy atom. The van der Waals surface area contributed by atoms with Crippen molar-refractivity contribution in [2.24, 2.45) is 0 Å². The number of carbonyl (C=O) groups excluding carboxylic acids is 1. The Balaban J connectivity index is 1.83. The molecule has 0 unspecified atom stereocenters. The van der Waals surface area contributed by atoms with E-state index in [4.69, 9.17) is 4.74 Å². The van der Waals surface area contributed by atoms with Crippen molar-refractivity contribution in [3.63, 3.8) is 0 Å². The summed E-state index contributed by atoms with van der Waals surface area (Å²) < 4.78 is 32.5. The van der Waals surface area contributed by atoms with E-state index in [9.17, 15) is 13.2 Å². The van der Waals surface area contributed by atoms with Gasteiger partial charge < -0.3 is 10.1 Å². The molecule has 3 rings (SSSR count). The molecule has 1 N–H and O–H groups in total. The summed E-state index contributed by atoms with van der Waals surface area (Å²) in [6.07, 6.45) is 0. The van der Waals surface area contributed by atoms with Gasteiger partial charge in [0.05, 0.1) is 23.4 Å². The highest BCUT2D eigenvalue weighted by Gasteiger charge is 2.23. The molecule has 30 heavy (non-hydrogen) atoms. The quantitative estimate of drug-likeness (QED) is 0.607. The number of hydrogen-bond acceptors (Lipinski definition) is 4. The SMILES string of the molecule is CCN(c1ccc(C(=O)Nc2cc(C)ccc2OC)cc1)S(=O)(=O)c1ccccc1. The van der Waals surface area contributed by atoms with Gasteiger partial charge in [0, 0.05) is 12.1 Å². The van der Waals surface area contributed by atoms with Crippen molar-refractivity contribution in [2.45, 2.75) is 18.7 Å². The number of carbonyl (C=O) groups is 1. The molecule has 1 amide bonds. The average Bonchev–Trinajstić information content (AvgIpc) is 2.75. The third kappa shape index (κ3) is 4.46. The van der Waals surface area contributed by atoms with Crippen LogP contribution in [0.25, 0.3) is 0 Å². The number of benzene rings is 3. The number of nitrogens with zero attached hydrogens (tertiary/aromatic N) is 1. The first-order chi connectivity index (χ1) is 14.4. The van der Waals surface area contributed by atoms with Gasteiger partial charge in [0.15, 0.2) is 0 Å². The van der Waals surface area contributed by atoms with E-state index in [2.05, 4.69) is 5.32 Å². The van der Waals surface area contributed by atoms with E-state index in [0.29, 0.717) is 22.7 Å². The predicted octanol–water partition coefficient (Wildman–Crippen LogP) is 4.47. The van der Waals surface area contributed by atoms with Crippen LogP contribution in [-0.2, 0) is 10.0 Å². The predicted molar refractivity (Wildman–Crippen MR) is 119 cm³/mol. The number of aryl methyl sites for hydroxylation is 1. The summed E-state index contributed by atoms with van der Waals surface area (Å²) in [6, 6.07) is 20.3. The second-order valence-electron chi connectivity index (χ2n) is 6.69. The molecule has 3 aromatic carbocycles. The van der Waals surface area contributed by atoms with Gasteiger partial charge in [-0.3, -0.25) is 9.10 Å². The van der Waals surface area contributed by atoms with Gasteiger partial charge in [-0.15, -0.1) is 0 Å². The van der Waals surface area contributed by atoms with E-state index in [1.807, 2.05) is 19.1 Å². The van der Waals surface area contributed by atoms with E-state index >= 15 is 0 Å². The summed E-state index contributed by atoms with van der Waals surface area (Å²) in [5.74, 6) is 0.260. The van der Waals surface area contributed by atoms with Crippen LogP contribution in [0, 0.1) is 6.92 Å². The van der Waals surface area contributed by atoms with Crippen molar-refractivity contribution in [2.75, 3.05) is 23.3 Å². The molecule has 3 aromatic rings. The molecule has 0 radical (unpaired) electrons. The number of nitrogens with one attached hydrogen (secondary N) is 1. The summed E-state index contributed by atoms with van der Waals surface area (Å²) in [6.45, 7) is 3.96. The fourth-order valence-electron chi connectivity index (χ4n) is 3.10. The molecule has 0 bridgehead atoms. The Labute approximate surface area is 177 Å². The van der Waals surface area contributed by atoms with E-state index < -0.39 is 10.0 Å². The lowest BCUT2D eigenvalue weighted by Gasteiger charge is -2.23. The Bertz CT molecular complexity index is 1130. The van der Waals surface area contributed by atoms with Crippen molar-refractivity contribution in [3.8, 4) is 5.75 Å². The minimum Gasteiger partial charge on any atom is -0.495 e. The molecule has 0 fully saturated rings. The maximum atomic E-state index is 13.0. The summed E-state index contributed by atoms with van der Waals surface area (Å²) >= 11 is 0. The molecule has 0 aliphatic heterocycles. The minimum absolute atomic E-state index is 0.222. The standard InChI is InChI=1S/C23H24N2O4S/c1-4-25(30(27,28)20-8-6-5-7-9-20)19-13-11-18(12-14-19)23(26)24-21-16-17(2)10-15-22(21)29-3/h5-16H,4H2,1-3H3,(H,24,26). The highest BCUT2D eigenvalue weighted by molar-refractivity contribution is 7.92. The van der Waals surface area contributed by atoms with Crippen LogP contribution in [0.2, 0.25) is 0 Å². The largest absolute Gasteiger partial charge is 0.495 e. The van der Waals surface area contributed by atoms with Crippen LogP contribution < -0.4 is 14.4 Å². The monoisotopic (exact) mass is 424 g/mol. The third-order valence-corrected chi connectivity index (χ3v) is 6.56. The zero-order valence-corrected chi connectivity index (χ0v) is 17.9. The normalized spacial score (nSPS) is 11.0.